The monoisotopic (exact) mass is 272 g/mol. The number of nitrogens with zero attached hydrogens (tertiary/aromatic N) is 1. The molecule has 2 aliphatic carbocycles. The molecule has 0 saturated heterocycles. The molecule has 1 fully saturated rings. The Morgan fingerprint density at radius 1 is 1.25 bits per heavy atom. The maximum absolute atomic E-state index is 12.0. The summed E-state index contributed by atoms with van der Waals surface area (Å²) in [5.41, 5.74) is 0.467. The predicted octanol–water partition coefficient (Wildman–Crippen LogP) is 2.54. The number of fused-ring (bicyclic) bond motifs is 2. The topological polar surface area (TPSA) is 72.2 Å². The van der Waals surface area contributed by atoms with Gasteiger partial charge in [-0.2, -0.15) is 0 Å². The minimum absolute atomic E-state index is 0.000195. The largest absolute Gasteiger partial charge is 0.352 e. The quantitative estimate of drug-likeness (QED) is 0.520. The number of nitrogens with one attached hydrogen (secondary N) is 1. The van der Waals surface area contributed by atoms with Crippen LogP contribution in [0.3, 0.4) is 0 Å². The van der Waals surface area contributed by atoms with Gasteiger partial charge in [0.05, 0.1) is 4.92 Å². The molecule has 2 aliphatic rings. The molecule has 1 amide bonds. The molecule has 1 aromatic carbocycles. The Balaban J connectivity index is 1.56. The highest BCUT2D eigenvalue weighted by molar-refractivity contribution is 5.94. The van der Waals surface area contributed by atoms with Crippen LogP contribution in [0.25, 0.3) is 0 Å². The van der Waals surface area contributed by atoms with Gasteiger partial charge in [0.2, 0.25) is 0 Å². The van der Waals surface area contributed by atoms with Crippen molar-refractivity contribution in [1.82, 2.24) is 5.32 Å². The number of allylic oxidation sites excluding steroid dienone is 2. The highest BCUT2D eigenvalue weighted by Crippen LogP contribution is 2.42. The van der Waals surface area contributed by atoms with Gasteiger partial charge < -0.3 is 5.32 Å². The molecule has 0 spiro atoms. The summed E-state index contributed by atoms with van der Waals surface area (Å²) in [7, 11) is 0. The first kappa shape index (κ1) is 12.8. The van der Waals surface area contributed by atoms with E-state index in [-0.39, 0.29) is 11.6 Å². The van der Waals surface area contributed by atoms with Crippen molar-refractivity contribution in [2.75, 3.05) is 6.54 Å². The van der Waals surface area contributed by atoms with Crippen molar-refractivity contribution in [3.63, 3.8) is 0 Å². The zero-order valence-electron chi connectivity index (χ0n) is 11.0. The van der Waals surface area contributed by atoms with Crippen LogP contribution in [0.2, 0.25) is 0 Å². The fourth-order valence-corrected chi connectivity index (χ4v) is 3.19. The third-order valence-corrected chi connectivity index (χ3v) is 4.28. The molecule has 3 rings (SSSR count). The molecule has 0 radical (unpaired) electrons. The number of hydrogen-bond acceptors (Lipinski definition) is 3. The van der Waals surface area contributed by atoms with Crippen LogP contribution in [0, 0.1) is 27.9 Å². The van der Waals surface area contributed by atoms with Crippen molar-refractivity contribution in [3.05, 3.63) is 52.1 Å². The van der Waals surface area contributed by atoms with Crippen LogP contribution in [0.1, 0.15) is 23.2 Å². The van der Waals surface area contributed by atoms with Gasteiger partial charge in [-0.3, -0.25) is 14.9 Å². The van der Waals surface area contributed by atoms with E-state index in [1.807, 2.05) is 0 Å². The van der Waals surface area contributed by atoms with Gasteiger partial charge in [-0.1, -0.05) is 12.2 Å². The number of hydrogen-bond donors (Lipinski definition) is 1. The molecule has 0 aromatic heterocycles. The van der Waals surface area contributed by atoms with Crippen LogP contribution in [0.4, 0.5) is 5.69 Å². The average molecular weight is 272 g/mol. The van der Waals surface area contributed by atoms with E-state index in [1.165, 1.54) is 30.7 Å². The summed E-state index contributed by atoms with van der Waals surface area (Å²) in [5.74, 6) is 1.68. The smallest absolute Gasteiger partial charge is 0.269 e. The maximum Gasteiger partial charge on any atom is 0.269 e. The number of benzene rings is 1. The number of nitro benzene ring substituents is 1. The molecule has 1 aromatic rings. The normalized spacial score (nSPS) is 26.7. The van der Waals surface area contributed by atoms with Gasteiger partial charge in [0.15, 0.2) is 0 Å². The molecule has 1 saturated carbocycles. The van der Waals surface area contributed by atoms with Crippen molar-refractivity contribution in [1.29, 1.82) is 0 Å². The fraction of sp³-hybridized carbons (Fsp3) is 0.400. The first-order chi connectivity index (χ1) is 9.63. The summed E-state index contributed by atoms with van der Waals surface area (Å²) in [4.78, 5) is 22.1. The van der Waals surface area contributed by atoms with Gasteiger partial charge in [0.25, 0.3) is 11.6 Å². The van der Waals surface area contributed by atoms with E-state index < -0.39 is 4.92 Å². The lowest BCUT2D eigenvalue weighted by Gasteiger charge is -2.18. The van der Waals surface area contributed by atoms with Crippen molar-refractivity contribution in [3.8, 4) is 0 Å². The third-order valence-electron chi connectivity index (χ3n) is 4.28. The van der Waals surface area contributed by atoms with Gasteiger partial charge in [0, 0.05) is 24.2 Å². The summed E-state index contributed by atoms with van der Waals surface area (Å²) < 4.78 is 0. The summed E-state index contributed by atoms with van der Waals surface area (Å²) in [6.07, 6.45) is 6.91. The number of nitro groups is 1. The second-order valence-electron chi connectivity index (χ2n) is 5.55. The van der Waals surface area contributed by atoms with E-state index in [2.05, 4.69) is 17.5 Å². The second kappa shape index (κ2) is 5.07. The first-order valence-electron chi connectivity index (χ1n) is 6.84. The van der Waals surface area contributed by atoms with E-state index >= 15 is 0 Å². The summed E-state index contributed by atoms with van der Waals surface area (Å²) in [6.45, 7) is 0.682. The van der Waals surface area contributed by atoms with Crippen molar-refractivity contribution in [2.45, 2.75) is 12.8 Å². The van der Waals surface area contributed by atoms with Gasteiger partial charge in [-0.05, 0) is 42.7 Å². The number of rotatable bonds is 4. The third kappa shape index (κ3) is 2.43. The van der Waals surface area contributed by atoms with E-state index in [1.54, 1.807) is 0 Å². The lowest BCUT2D eigenvalue weighted by atomic mass is 9.93. The molecule has 5 heteroatoms. The summed E-state index contributed by atoms with van der Waals surface area (Å²) in [6, 6.07) is 5.70. The van der Waals surface area contributed by atoms with Crippen molar-refractivity contribution >= 4 is 11.6 Å². The number of carbonyl (C=O) groups is 1. The minimum atomic E-state index is -0.469. The van der Waals surface area contributed by atoms with E-state index in [0.29, 0.717) is 29.9 Å². The van der Waals surface area contributed by atoms with Crippen LogP contribution in [-0.4, -0.2) is 17.4 Å². The Bertz CT molecular complexity index is 565. The zero-order chi connectivity index (χ0) is 14.1. The molecule has 104 valence electrons. The van der Waals surface area contributed by atoms with Crippen molar-refractivity contribution in [2.24, 2.45) is 17.8 Å². The van der Waals surface area contributed by atoms with Gasteiger partial charge in [-0.15, -0.1) is 0 Å². The molecular formula is C15H16N2O3. The van der Waals surface area contributed by atoms with Gasteiger partial charge in [0.1, 0.15) is 0 Å². The molecule has 1 N–H and O–H groups in total. The van der Waals surface area contributed by atoms with Crippen LogP contribution in [0.15, 0.2) is 36.4 Å². The SMILES string of the molecule is O=C(NC[C@@H]1C[C@H]2C=C[C@H]1C2)c1ccc([N+](=O)[O-])cc1. The fourth-order valence-electron chi connectivity index (χ4n) is 3.19. The van der Waals surface area contributed by atoms with Crippen LogP contribution in [-0.2, 0) is 0 Å². The number of carbonyl (C=O) groups excluding carboxylic acids is 1. The minimum Gasteiger partial charge on any atom is -0.352 e. The maximum atomic E-state index is 12.0. The summed E-state index contributed by atoms with van der Waals surface area (Å²) >= 11 is 0. The zero-order valence-corrected chi connectivity index (χ0v) is 11.0. The molecule has 3 atom stereocenters. The lowest BCUT2D eigenvalue weighted by molar-refractivity contribution is -0.384. The number of non-ortho nitro benzene ring substituents is 1. The molecule has 0 unspecified atom stereocenters. The van der Waals surface area contributed by atoms with Gasteiger partial charge >= 0.3 is 0 Å². The van der Waals surface area contributed by atoms with E-state index in [0.717, 1.165) is 6.42 Å². The van der Waals surface area contributed by atoms with Crippen LogP contribution < -0.4 is 5.32 Å². The molecular weight excluding hydrogens is 256 g/mol. The highest BCUT2D eigenvalue weighted by Gasteiger charge is 2.35. The Kier molecular flexibility index (Phi) is 3.26. The Hall–Kier alpha value is -2.17. The van der Waals surface area contributed by atoms with Crippen LogP contribution in [0.5, 0.6) is 0 Å². The molecule has 0 heterocycles. The Morgan fingerprint density at radius 3 is 2.55 bits per heavy atom. The van der Waals surface area contributed by atoms with Crippen LogP contribution >= 0.6 is 0 Å². The van der Waals surface area contributed by atoms with Crippen molar-refractivity contribution < 1.29 is 9.72 Å². The standard InChI is InChI=1S/C15H16N2O3/c18-15(11-3-5-14(6-4-11)17(19)20)16-9-13-8-10-1-2-12(13)7-10/h1-6,10,12-13H,7-9H2,(H,16,18)/t10-,12-,13-/m0/s1. The Morgan fingerprint density at radius 2 is 2.00 bits per heavy atom. The molecule has 20 heavy (non-hydrogen) atoms. The molecule has 0 aliphatic heterocycles. The second-order valence-corrected chi connectivity index (χ2v) is 5.55. The first-order valence-corrected chi connectivity index (χ1v) is 6.84. The summed E-state index contributed by atoms with van der Waals surface area (Å²) in [5, 5.41) is 13.5. The number of amides is 1. The van der Waals surface area contributed by atoms with E-state index in [9.17, 15) is 14.9 Å². The Labute approximate surface area is 116 Å². The predicted molar refractivity (Wildman–Crippen MR) is 74.3 cm³/mol. The van der Waals surface area contributed by atoms with Gasteiger partial charge in [-0.25, -0.2) is 0 Å². The molecule has 5 nitrogen and oxygen atoms in total. The lowest BCUT2D eigenvalue weighted by Crippen LogP contribution is -2.30. The van der Waals surface area contributed by atoms with E-state index in [4.69, 9.17) is 0 Å². The molecule has 2 bridgehead atoms. The average Bonchev–Trinajstić information content (AvgIpc) is 3.07. The highest BCUT2D eigenvalue weighted by atomic mass is 16.6.